The highest BCUT2D eigenvalue weighted by atomic mass is 19.1. The number of nitrogens with zero attached hydrogens (tertiary/aromatic N) is 1. The zero-order valence-corrected chi connectivity index (χ0v) is 13.0. The molecule has 1 fully saturated rings. The molecular weight excluding hydrogens is 299 g/mol. The summed E-state index contributed by atoms with van der Waals surface area (Å²) in [4.78, 5) is 37.8. The molecule has 1 aromatic carbocycles. The minimum Gasteiger partial charge on any atom is -0.326 e. The summed E-state index contributed by atoms with van der Waals surface area (Å²) in [5.74, 6) is -5.22. The smallest absolute Gasteiger partial charge is 0.283 e. The topological polar surface area (TPSA) is 66.5 Å². The fourth-order valence-electron chi connectivity index (χ4n) is 3.08. The van der Waals surface area contributed by atoms with Crippen LogP contribution in [0.15, 0.2) is 30.5 Å². The van der Waals surface area contributed by atoms with E-state index in [-0.39, 0.29) is 29.9 Å². The van der Waals surface area contributed by atoms with Crippen molar-refractivity contribution in [1.82, 2.24) is 10.2 Å². The molecule has 1 atom stereocenters. The SMILES string of the molecule is C=C1CCC(F)(N2C(=O)c3cccc(C(C)C)c3C2=O)C(=O)N1. The maximum Gasteiger partial charge on any atom is 0.283 e. The van der Waals surface area contributed by atoms with Gasteiger partial charge >= 0.3 is 0 Å². The molecule has 3 rings (SSSR count). The van der Waals surface area contributed by atoms with Crippen LogP contribution in [-0.2, 0) is 4.79 Å². The van der Waals surface area contributed by atoms with Gasteiger partial charge in [-0.2, -0.15) is 0 Å². The van der Waals surface area contributed by atoms with E-state index in [0.29, 0.717) is 16.2 Å². The third-order valence-electron chi connectivity index (χ3n) is 4.32. The number of amides is 3. The van der Waals surface area contributed by atoms with Gasteiger partial charge in [-0.05, 0) is 24.0 Å². The third kappa shape index (κ3) is 2.09. The third-order valence-corrected chi connectivity index (χ3v) is 4.32. The van der Waals surface area contributed by atoms with Crippen molar-refractivity contribution < 1.29 is 18.8 Å². The van der Waals surface area contributed by atoms with Crippen molar-refractivity contribution in [2.24, 2.45) is 0 Å². The normalized spacial score (nSPS) is 24.3. The second-order valence-electron chi connectivity index (χ2n) is 6.19. The van der Waals surface area contributed by atoms with E-state index in [0.717, 1.165) is 0 Å². The Morgan fingerprint density at radius 1 is 1.26 bits per heavy atom. The van der Waals surface area contributed by atoms with Gasteiger partial charge in [-0.15, -0.1) is 0 Å². The van der Waals surface area contributed by atoms with Crippen LogP contribution in [-0.4, -0.2) is 28.4 Å². The van der Waals surface area contributed by atoms with E-state index in [4.69, 9.17) is 0 Å². The summed E-state index contributed by atoms with van der Waals surface area (Å²) in [7, 11) is 0. The Morgan fingerprint density at radius 3 is 2.57 bits per heavy atom. The number of nitrogens with one attached hydrogen (secondary N) is 1. The zero-order valence-electron chi connectivity index (χ0n) is 13.0. The predicted molar refractivity (Wildman–Crippen MR) is 81.4 cm³/mol. The number of alkyl halides is 1. The van der Waals surface area contributed by atoms with Gasteiger partial charge in [-0.25, -0.2) is 9.29 Å². The maximum atomic E-state index is 15.3. The van der Waals surface area contributed by atoms with Crippen LogP contribution in [0.1, 0.15) is 58.9 Å². The monoisotopic (exact) mass is 316 g/mol. The lowest BCUT2D eigenvalue weighted by Gasteiger charge is -2.35. The lowest BCUT2D eigenvalue weighted by Crippen LogP contribution is -2.60. The number of piperidine rings is 1. The molecule has 23 heavy (non-hydrogen) atoms. The van der Waals surface area contributed by atoms with Gasteiger partial charge in [-0.3, -0.25) is 14.4 Å². The molecule has 0 saturated carbocycles. The molecule has 0 aliphatic carbocycles. The summed E-state index contributed by atoms with van der Waals surface area (Å²) in [6, 6.07) is 4.90. The second kappa shape index (κ2) is 5.01. The Hall–Kier alpha value is -2.50. The number of halogens is 1. The molecule has 0 aromatic heterocycles. The molecule has 0 radical (unpaired) electrons. The van der Waals surface area contributed by atoms with Crippen LogP contribution in [0.25, 0.3) is 0 Å². The predicted octanol–water partition coefficient (Wildman–Crippen LogP) is 2.50. The van der Waals surface area contributed by atoms with Crippen LogP contribution < -0.4 is 5.32 Å². The number of carbonyl (C=O) groups excluding carboxylic acids is 3. The van der Waals surface area contributed by atoms with Crippen LogP contribution in [0.5, 0.6) is 0 Å². The van der Waals surface area contributed by atoms with Crippen molar-refractivity contribution in [1.29, 1.82) is 0 Å². The lowest BCUT2D eigenvalue weighted by atomic mass is 9.94. The van der Waals surface area contributed by atoms with Crippen molar-refractivity contribution in [2.75, 3.05) is 0 Å². The Morgan fingerprint density at radius 2 is 1.96 bits per heavy atom. The van der Waals surface area contributed by atoms with Crippen molar-refractivity contribution >= 4 is 17.7 Å². The Bertz CT molecular complexity index is 756. The van der Waals surface area contributed by atoms with Crippen molar-refractivity contribution in [3.05, 3.63) is 47.2 Å². The minimum absolute atomic E-state index is 0.00262. The largest absolute Gasteiger partial charge is 0.326 e. The molecule has 6 heteroatoms. The van der Waals surface area contributed by atoms with Crippen molar-refractivity contribution in [3.63, 3.8) is 0 Å². The van der Waals surface area contributed by atoms with E-state index in [1.165, 1.54) is 6.07 Å². The molecule has 1 unspecified atom stereocenters. The first-order valence-corrected chi connectivity index (χ1v) is 7.47. The highest BCUT2D eigenvalue weighted by Gasteiger charge is 2.56. The number of hydrogen-bond donors (Lipinski definition) is 1. The number of allylic oxidation sites excluding steroid dienone is 1. The van der Waals surface area contributed by atoms with Gasteiger partial charge in [0.05, 0.1) is 11.1 Å². The lowest BCUT2D eigenvalue weighted by molar-refractivity contribution is -0.143. The van der Waals surface area contributed by atoms with E-state index >= 15 is 4.39 Å². The van der Waals surface area contributed by atoms with Crippen LogP contribution in [0.2, 0.25) is 0 Å². The van der Waals surface area contributed by atoms with Crippen LogP contribution in [0.3, 0.4) is 0 Å². The van der Waals surface area contributed by atoms with Crippen LogP contribution in [0.4, 0.5) is 4.39 Å². The maximum absolute atomic E-state index is 15.3. The highest BCUT2D eigenvalue weighted by molar-refractivity contribution is 6.24. The number of imide groups is 1. The molecule has 1 aromatic rings. The molecule has 1 saturated heterocycles. The quantitative estimate of drug-likeness (QED) is 0.673. The van der Waals surface area contributed by atoms with E-state index in [2.05, 4.69) is 11.9 Å². The zero-order chi connectivity index (χ0) is 16.9. The summed E-state index contributed by atoms with van der Waals surface area (Å²) in [6.07, 6.45) is -0.104. The van der Waals surface area contributed by atoms with E-state index in [9.17, 15) is 14.4 Å². The second-order valence-corrected chi connectivity index (χ2v) is 6.19. The minimum atomic E-state index is -2.68. The first kappa shape index (κ1) is 15.4. The number of carbonyl (C=O) groups is 3. The molecule has 2 heterocycles. The van der Waals surface area contributed by atoms with Gasteiger partial charge in [0.1, 0.15) is 0 Å². The Labute approximate surface area is 133 Å². The Kier molecular flexibility index (Phi) is 3.35. The first-order chi connectivity index (χ1) is 10.8. The summed E-state index contributed by atoms with van der Waals surface area (Å²) >= 11 is 0. The molecule has 0 bridgehead atoms. The van der Waals surface area contributed by atoms with E-state index in [1.54, 1.807) is 12.1 Å². The van der Waals surface area contributed by atoms with Gasteiger partial charge < -0.3 is 5.32 Å². The van der Waals surface area contributed by atoms with Gasteiger partial charge in [0, 0.05) is 12.1 Å². The standard InChI is InChI=1S/C17H17FN2O3/c1-9(2)11-5-4-6-12-13(11)15(22)20(14(12)21)17(18)8-7-10(3)19-16(17)23/h4-6,9H,3,7-8H2,1-2H3,(H,19,23). The van der Waals surface area contributed by atoms with Gasteiger partial charge in [-0.1, -0.05) is 32.6 Å². The summed E-state index contributed by atoms with van der Waals surface area (Å²) < 4.78 is 15.3. The van der Waals surface area contributed by atoms with Gasteiger partial charge in [0.2, 0.25) is 0 Å². The van der Waals surface area contributed by atoms with Crippen LogP contribution >= 0.6 is 0 Å². The molecule has 120 valence electrons. The summed E-state index contributed by atoms with van der Waals surface area (Å²) in [5, 5.41) is 2.30. The summed E-state index contributed by atoms with van der Waals surface area (Å²) in [6.45, 7) is 7.36. The molecular formula is C17H17FN2O3. The highest BCUT2D eigenvalue weighted by Crippen LogP contribution is 2.38. The molecule has 0 spiro atoms. The fourth-order valence-corrected chi connectivity index (χ4v) is 3.08. The molecule has 1 N–H and O–H groups in total. The van der Waals surface area contributed by atoms with E-state index < -0.39 is 23.5 Å². The van der Waals surface area contributed by atoms with Crippen molar-refractivity contribution in [2.45, 2.75) is 38.4 Å². The van der Waals surface area contributed by atoms with Crippen LogP contribution in [0, 0.1) is 0 Å². The molecule has 3 amide bonds. The number of rotatable bonds is 2. The molecule has 5 nitrogen and oxygen atoms in total. The Balaban J connectivity index is 2.09. The molecule has 2 aliphatic heterocycles. The van der Waals surface area contributed by atoms with Gasteiger partial charge in [0.15, 0.2) is 0 Å². The molecule has 2 aliphatic rings. The van der Waals surface area contributed by atoms with Gasteiger partial charge in [0.25, 0.3) is 23.5 Å². The average molecular weight is 316 g/mol. The fraction of sp³-hybridized carbons (Fsp3) is 0.353. The number of hydrogen-bond acceptors (Lipinski definition) is 3. The summed E-state index contributed by atoms with van der Waals surface area (Å²) in [5.41, 5.74) is 1.40. The van der Waals surface area contributed by atoms with Crippen molar-refractivity contribution in [3.8, 4) is 0 Å². The first-order valence-electron chi connectivity index (χ1n) is 7.47. The number of benzene rings is 1. The van der Waals surface area contributed by atoms with E-state index in [1.807, 2.05) is 13.8 Å². The number of fused-ring (bicyclic) bond motifs is 1. The average Bonchev–Trinajstić information content (AvgIpc) is 2.76.